The smallest absolute Gasteiger partial charge is 0.226 e. The molecule has 2 aromatic rings. The quantitative estimate of drug-likeness (QED) is 0.750. The van der Waals surface area contributed by atoms with E-state index in [0.717, 1.165) is 48.3 Å². The monoisotopic (exact) mass is 417 g/mol. The molecule has 1 N–H and O–H groups in total. The van der Waals surface area contributed by atoms with Gasteiger partial charge in [-0.1, -0.05) is 20.8 Å². The number of amides is 1. The van der Waals surface area contributed by atoms with Crippen molar-refractivity contribution >= 4 is 17.2 Å². The van der Waals surface area contributed by atoms with Crippen LogP contribution in [0.4, 0.5) is 0 Å². The number of carbonyl (C=O) groups excluding carboxylic acids is 1. The Kier molecular flexibility index (Phi) is 6.80. The molecule has 7 heteroatoms. The lowest BCUT2D eigenvalue weighted by Gasteiger charge is -2.29. The number of nitrogens with one attached hydrogen (secondary N) is 1. The number of fused-ring (bicyclic) bond motifs is 1. The van der Waals surface area contributed by atoms with Crippen molar-refractivity contribution in [1.82, 2.24) is 15.2 Å². The third-order valence-corrected chi connectivity index (χ3v) is 6.40. The van der Waals surface area contributed by atoms with Crippen LogP contribution in [0.25, 0.3) is 0 Å². The van der Waals surface area contributed by atoms with Crippen LogP contribution in [0.2, 0.25) is 0 Å². The topological polar surface area (TPSA) is 63.7 Å². The second-order valence-corrected chi connectivity index (χ2v) is 9.28. The molecule has 2 heterocycles. The lowest BCUT2D eigenvalue weighted by atomic mass is 9.98. The van der Waals surface area contributed by atoms with Crippen LogP contribution in [0.5, 0.6) is 11.5 Å². The maximum atomic E-state index is 12.3. The zero-order chi connectivity index (χ0) is 21.0. The standard InChI is InChI=1S/C22H31N3O3S/c1-22(2,3)21-24-17(14-29-21)12-20(26)23-7-9-25-8-6-15-10-18(27-4)19(28-5)11-16(15)13-25/h10-11,14H,6-9,12-13H2,1-5H3,(H,23,26). The van der Waals surface area contributed by atoms with Crippen molar-refractivity contribution in [3.63, 3.8) is 0 Å². The average molecular weight is 418 g/mol. The van der Waals surface area contributed by atoms with Crippen molar-refractivity contribution < 1.29 is 14.3 Å². The normalized spacial score (nSPS) is 14.4. The summed E-state index contributed by atoms with van der Waals surface area (Å²) >= 11 is 1.63. The summed E-state index contributed by atoms with van der Waals surface area (Å²) in [6, 6.07) is 4.14. The van der Waals surface area contributed by atoms with E-state index in [4.69, 9.17) is 9.47 Å². The maximum Gasteiger partial charge on any atom is 0.226 e. The van der Waals surface area contributed by atoms with Gasteiger partial charge in [0.05, 0.1) is 31.3 Å². The molecule has 158 valence electrons. The van der Waals surface area contributed by atoms with E-state index >= 15 is 0 Å². The summed E-state index contributed by atoms with van der Waals surface area (Å²) in [5.74, 6) is 1.57. The van der Waals surface area contributed by atoms with E-state index in [9.17, 15) is 4.79 Å². The highest BCUT2D eigenvalue weighted by Gasteiger charge is 2.20. The Hall–Kier alpha value is -2.12. The van der Waals surface area contributed by atoms with Gasteiger partial charge in [-0.2, -0.15) is 0 Å². The highest BCUT2D eigenvalue weighted by Crippen LogP contribution is 2.33. The van der Waals surface area contributed by atoms with Crippen LogP contribution in [0.3, 0.4) is 0 Å². The van der Waals surface area contributed by atoms with Gasteiger partial charge >= 0.3 is 0 Å². The Balaban J connectivity index is 1.48. The van der Waals surface area contributed by atoms with Gasteiger partial charge in [0, 0.05) is 37.0 Å². The first-order chi connectivity index (χ1) is 13.8. The highest BCUT2D eigenvalue weighted by atomic mass is 32.1. The SMILES string of the molecule is COc1cc2c(cc1OC)CN(CCNC(=O)Cc1csc(C(C)(C)C)n1)CC2. The third kappa shape index (κ3) is 5.48. The maximum absolute atomic E-state index is 12.3. The minimum Gasteiger partial charge on any atom is -0.493 e. The molecule has 1 aliphatic heterocycles. The number of hydrogen-bond donors (Lipinski definition) is 1. The minimum absolute atomic E-state index is 0.0245. The van der Waals surface area contributed by atoms with Crippen LogP contribution < -0.4 is 14.8 Å². The van der Waals surface area contributed by atoms with Gasteiger partial charge in [0.25, 0.3) is 0 Å². The molecule has 0 bridgehead atoms. The van der Waals surface area contributed by atoms with Gasteiger partial charge in [0.1, 0.15) is 0 Å². The average Bonchev–Trinajstić information content (AvgIpc) is 3.15. The lowest BCUT2D eigenvalue weighted by Crippen LogP contribution is -2.38. The Labute approximate surface area is 177 Å². The molecular weight excluding hydrogens is 386 g/mol. The Bertz CT molecular complexity index is 857. The van der Waals surface area contributed by atoms with Crippen LogP contribution in [0, 0.1) is 0 Å². The van der Waals surface area contributed by atoms with Crippen LogP contribution >= 0.6 is 11.3 Å². The molecule has 0 unspecified atom stereocenters. The summed E-state index contributed by atoms with van der Waals surface area (Å²) < 4.78 is 10.8. The van der Waals surface area contributed by atoms with E-state index in [1.54, 1.807) is 25.6 Å². The van der Waals surface area contributed by atoms with Crippen molar-refractivity contribution in [3.05, 3.63) is 39.3 Å². The number of methoxy groups -OCH3 is 2. The van der Waals surface area contributed by atoms with Crippen LogP contribution in [-0.4, -0.2) is 49.6 Å². The Morgan fingerprint density at radius 3 is 2.52 bits per heavy atom. The van der Waals surface area contributed by atoms with Crippen LogP contribution in [-0.2, 0) is 29.6 Å². The fourth-order valence-electron chi connectivity index (χ4n) is 3.45. The van der Waals surface area contributed by atoms with Gasteiger partial charge in [-0.3, -0.25) is 9.69 Å². The van der Waals surface area contributed by atoms with E-state index in [1.807, 2.05) is 5.38 Å². The van der Waals surface area contributed by atoms with Crippen LogP contribution in [0.1, 0.15) is 42.6 Å². The summed E-state index contributed by atoms with van der Waals surface area (Å²) in [6.07, 6.45) is 1.31. The summed E-state index contributed by atoms with van der Waals surface area (Å²) in [4.78, 5) is 19.2. The third-order valence-electron chi connectivity index (χ3n) is 5.08. The number of carbonyl (C=O) groups is 1. The second kappa shape index (κ2) is 9.13. The molecule has 1 aromatic carbocycles. The first kappa shape index (κ1) is 21.6. The predicted octanol–water partition coefficient (Wildman–Crippen LogP) is 3.17. The summed E-state index contributed by atoms with van der Waals surface area (Å²) in [6.45, 7) is 9.70. The first-order valence-electron chi connectivity index (χ1n) is 9.98. The largest absolute Gasteiger partial charge is 0.493 e. The molecule has 1 aromatic heterocycles. The van der Waals surface area contributed by atoms with Gasteiger partial charge < -0.3 is 14.8 Å². The number of nitrogens with zero attached hydrogens (tertiary/aromatic N) is 2. The Morgan fingerprint density at radius 2 is 1.90 bits per heavy atom. The molecule has 1 amide bonds. The number of ether oxygens (including phenoxy) is 2. The molecule has 0 aliphatic carbocycles. The van der Waals surface area contributed by atoms with Crippen molar-refractivity contribution in [2.45, 2.75) is 45.6 Å². The van der Waals surface area contributed by atoms with Crippen molar-refractivity contribution in [2.75, 3.05) is 33.9 Å². The molecule has 1 aliphatic rings. The zero-order valence-electron chi connectivity index (χ0n) is 18.0. The van der Waals surface area contributed by atoms with Crippen LogP contribution in [0.15, 0.2) is 17.5 Å². The molecule has 0 spiro atoms. The van der Waals surface area contributed by atoms with Gasteiger partial charge in [-0.15, -0.1) is 11.3 Å². The van der Waals surface area contributed by atoms with E-state index in [-0.39, 0.29) is 11.3 Å². The van der Waals surface area contributed by atoms with Gasteiger partial charge in [0.15, 0.2) is 11.5 Å². The van der Waals surface area contributed by atoms with Crippen molar-refractivity contribution in [3.8, 4) is 11.5 Å². The van der Waals surface area contributed by atoms with E-state index < -0.39 is 0 Å². The number of hydrogen-bond acceptors (Lipinski definition) is 6. The number of rotatable bonds is 7. The molecule has 6 nitrogen and oxygen atoms in total. The highest BCUT2D eigenvalue weighted by molar-refractivity contribution is 7.09. The predicted molar refractivity (Wildman–Crippen MR) is 116 cm³/mol. The molecular formula is C22H31N3O3S. The van der Waals surface area contributed by atoms with Crippen molar-refractivity contribution in [2.24, 2.45) is 0 Å². The molecule has 0 saturated heterocycles. The van der Waals surface area contributed by atoms with E-state index in [2.05, 4.69) is 48.1 Å². The number of aromatic nitrogens is 1. The molecule has 0 radical (unpaired) electrons. The number of benzene rings is 1. The summed E-state index contributed by atoms with van der Waals surface area (Å²) in [7, 11) is 3.32. The van der Waals surface area contributed by atoms with Gasteiger partial charge in [0.2, 0.25) is 5.91 Å². The molecule has 0 saturated carbocycles. The molecule has 0 fully saturated rings. The molecule has 3 rings (SSSR count). The van der Waals surface area contributed by atoms with Gasteiger partial charge in [-0.25, -0.2) is 4.98 Å². The fourth-order valence-corrected chi connectivity index (χ4v) is 4.35. The van der Waals surface area contributed by atoms with E-state index in [0.29, 0.717) is 13.0 Å². The second-order valence-electron chi connectivity index (χ2n) is 8.42. The lowest BCUT2D eigenvalue weighted by molar-refractivity contribution is -0.120. The summed E-state index contributed by atoms with van der Waals surface area (Å²) in [5.41, 5.74) is 3.44. The zero-order valence-corrected chi connectivity index (χ0v) is 18.8. The minimum atomic E-state index is 0.0245. The first-order valence-corrected chi connectivity index (χ1v) is 10.9. The Morgan fingerprint density at radius 1 is 1.21 bits per heavy atom. The van der Waals surface area contributed by atoms with E-state index in [1.165, 1.54) is 11.1 Å². The summed E-state index contributed by atoms with van der Waals surface area (Å²) in [5, 5.41) is 6.09. The fraction of sp³-hybridized carbons (Fsp3) is 0.545. The molecule has 29 heavy (non-hydrogen) atoms. The molecule has 0 atom stereocenters. The van der Waals surface area contributed by atoms with Gasteiger partial charge in [-0.05, 0) is 29.7 Å². The van der Waals surface area contributed by atoms with Crippen molar-refractivity contribution in [1.29, 1.82) is 0 Å². The number of thiazole rings is 1.